The summed E-state index contributed by atoms with van der Waals surface area (Å²) in [6.45, 7) is 9.64. The topological polar surface area (TPSA) is 92.8 Å². The summed E-state index contributed by atoms with van der Waals surface area (Å²) < 4.78 is 18.4. The summed E-state index contributed by atoms with van der Waals surface area (Å²) in [4.78, 5) is 24.9. The van der Waals surface area contributed by atoms with Crippen molar-refractivity contribution in [3.63, 3.8) is 0 Å². The average molecular weight is 503 g/mol. The van der Waals surface area contributed by atoms with Crippen molar-refractivity contribution in [2.24, 2.45) is 0 Å². The number of carbonyl (C=O) groups excluding carboxylic acids is 1. The molecule has 0 aliphatic carbocycles. The van der Waals surface area contributed by atoms with Crippen LogP contribution in [0.4, 0.5) is 5.69 Å². The van der Waals surface area contributed by atoms with Crippen LogP contribution in [0, 0.1) is 10.1 Å². The van der Waals surface area contributed by atoms with Crippen molar-refractivity contribution in [2.45, 2.75) is 46.8 Å². The van der Waals surface area contributed by atoms with Crippen molar-refractivity contribution in [3.8, 4) is 28.3 Å². The van der Waals surface area contributed by atoms with Gasteiger partial charge < -0.3 is 18.8 Å². The van der Waals surface area contributed by atoms with E-state index in [1.54, 1.807) is 60.0 Å². The second-order valence-corrected chi connectivity index (χ2v) is 9.09. The molecule has 0 atom stereocenters. The molecule has 0 spiro atoms. The van der Waals surface area contributed by atoms with Crippen LogP contribution in [0.15, 0.2) is 66.7 Å². The van der Waals surface area contributed by atoms with E-state index in [0.717, 1.165) is 0 Å². The number of aromatic nitrogens is 1. The maximum absolute atomic E-state index is 12.9. The summed E-state index contributed by atoms with van der Waals surface area (Å²) in [5.74, 6) is 0.807. The Morgan fingerprint density at radius 3 is 1.97 bits per heavy atom. The first-order valence-corrected chi connectivity index (χ1v) is 12.2. The van der Waals surface area contributed by atoms with E-state index in [0.29, 0.717) is 39.2 Å². The van der Waals surface area contributed by atoms with Crippen LogP contribution in [0.5, 0.6) is 11.5 Å². The summed E-state index contributed by atoms with van der Waals surface area (Å²) >= 11 is 0. The number of rotatable bonds is 9. The fourth-order valence-electron chi connectivity index (χ4n) is 4.26. The van der Waals surface area contributed by atoms with Crippen LogP contribution in [-0.4, -0.2) is 34.3 Å². The maximum atomic E-state index is 12.9. The molecule has 4 rings (SSSR count). The van der Waals surface area contributed by atoms with E-state index in [1.165, 1.54) is 6.07 Å². The number of ether oxygens (including phenoxy) is 3. The number of fused-ring (bicyclic) bond motifs is 1. The fraction of sp³-hybridized carbons (Fsp3) is 0.276. The van der Waals surface area contributed by atoms with Gasteiger partial charge >= 0.3 is 5.97 Å². The molecule has 0 saturated heterocycles. The number of hydrogen-bond donors (Lipinski definition) is 0. The molecule has 0 bridgehead atoms. The van der Waals surface area contributed by atoms with Crippen molar-refractivity contribution in [2.75, 3.05) is 6.61 Å². The monoisotopic (exact) mass is 502 g/mol. The van der Waals surface area contributed by atoms with Crippen LogP contribution in [0.1, 0.15) is 45.1 Å². The Bertz CT molecular complexity index is 1420. The van der Waals surface area contributed by atoms with E-state index in [-0.39, 0.29) is 30.2 Å². The van der Waals surface area contributed by atoms with Crippen LogP contribution in [-0.2, 0) is 4.74 Å². The van der Waals surface area contributed by atoms with E-state index < -0.39 is 10.9 Å². The van der Waals surface area contributed by atoms with Crippen molar-refractivity contribution in [3.05, 3.63) is 82.5 Å². The second-order valence-electron chi connectivity index (χ2n) is 9.09. The van der Waals surface area contributed by atoms with Gasteiger partial charge in [0.1, 0.15) is 17.2 Å². The number of nitro benzene ring substituents is 1. The highest BCUT2D eigenvalue weighted by molar-refractivity contribution is 6.03. The third kappa shape index (κ3) is 5.43. The van der Waals surface area contributed by atoms with Gasteiger partial charge in [-0.25, -0.2) is 4.79 Å². The van der Waals surface area contributed by atoms with Gasteiger partial charge in [0.2, 0.25) is 0 Å². The third-order valence-corrected chi connectivity index (χ3v) is 5.63. The molecular formula is C29H30N2O6. The summed E-state index contributed by atoms with van der Waals surface area (Å²) in [5, 5.41) is 12.7. The summed E-state index contributed by atoms with van der Waals surface area (Å²) in [6.07, 6.45) is 0.0315. The largest absolute Gasteiger partial charge is 0.491 e. The number of nitrogens with zero attached hydrogens (tertiary/aromatic N) is 2. The van der Waals surface area contributed by atoms with Crippen molar-refractivity contribution in [1.82, 2.24) is 4.57 Å². The van der Waals surface area contributed by atoms with Crippen LogP contribution < -0.4 is 9.47 Å². The predicted octanol–water partition coefficient (Wildman–Crippen LogP) is 6.96. The smallest absolute Gasteiger partial charge is 0.355 e. The number of nitro groups is 1. The summed E-state index contributed by atoms with van der Waals surface area (Å²) in [5.41, 5.74) is 2.42. The van der Waals surface area contributed by atoms with Crippen LogP contribution in [0.2, 0.25) is 0 Å². The maximum Gasteiger partial charge on any atom is 0.355 e. The Hall–Kier alpha value is -4.33. The molecule has 0 aliphatic heterocycles. The lowest BCUT2D eigenvalue weighted by Crippen LogP contribution is -2.11. The van der Waals surface area contributed by atoms with Gasteiger partial charge in [-0.1, -0.05) is 12.1 Å². The van der Waals surface area contributed by atoms with E-state index in [4.69, 9.17) is 14.2 Å². The van der Waals surface area contributed by atoms with Gasteiger partial charge in [0.25, 0.3) is 5.69 Å². The van der Waals surface area contributed by atoms with Crippen LogP contribution in [0.25, 0.3) is 27.7 Å². The lowest BCUT2D eigenvalue weighted by Gasteiger charge is -2.13. The molecule has 1 aromatic heterocycles. The van der Waals surface area contributed by atoms with Gasteiger partial charge in [0.15, 0.2) is 0 Å². The Morgan fingerprint density at radius 2 is 1.46 bits per heavy atom. The molecule has 0 fully saturated rings. The first-order valence-electron chi connectivity index (χ1n) is 12.2. The molecule has 0 saturated carbocycles. The molecule has 8 heteroatoms. The molecule has 0 amide bonds. The van der Waals surface area contributed by atoms with Crippen molar-refractivity contribution < 1.29 is 23.9 Å². The minimum absolute atomic E-state index is 0.0143. The number of carbonyl (C=O) groups is 1. The molecule has 0 radical (unpaired) electrons. The normalized spacial score (nSPS) is 11.2. The molecule has 8 nitrogen and oxygen atoms in total. The summed E-state index contributed by atoms with van der Waals surface area (Å²) in [6, 6.07) is 19.4. The zero-order chi connectivity index (χ0) is 26.7. The first kappa shape index (κ1) is 25.8. The van der Waals surface area contributed by atoms with E-state index >= 15 is 0 Å². The van der Waals surface area contributed by atoms with Gasteiger partial charge in [-0.2, -0.15) is 0 Å². The van der Waals surface area contributed by atoms with Gasteiger partial charge in [0.05, 0.1) is 40.2 Å². The fourth-order valence-corrected chi connectivity index (χ4v) is 4.26. The highest BCUT2D eigenvalue weighted by Gasteiger charge is 2.27. The van der Waals surface area contributed by atoms with Crippen LogP contribution >= 0.6 is 0 Å². The molecular weight excluding hydrogens is 472 g/mol. The van der Waals surface area contributed by atoms with E-state index in [2.05, 4.69) is 0 Å². The van der Waals surface area contributed by atoms with Gasteiger partial charge in [-0.3, -0.25) is 10.1 Å². The molecule has 3 aromatic carbocycles. The first-order chi connectivity index (χ1) is 17.7. The third-order valence-electron chi connectivity index (χ3n) is 5.63. The number of esters is 1. The second kappa shape index (κ2) is 10.7. The average Bonchev–Trinajstić information content (AvgIpc) is 3.23. The van der Waals surface area contributed by atoms with Gasteiger partial charge in [-0.15, -0.1) is 0 Å². The highest BCUT2D eigenvalue weighted by Crippen LogP contribution is 2.40. The Balaban J connectivity index is 1.90. The molecule has 0 aliphatic rings. The quantitative estimate of drug-likeness (QED) is 0.140. The lowest BCUT2D eigenvalue weighted by molar-refractivity contribution is -0.382. The minimum atomic E-state index is -0.563. The molecule has 0 unspecified atom stereocenters. The SMILES string of the molecule is CCOC(=O)c1cc2c([N+](=O)[O-])c(-c3ccc(OC(C)C)cc3)ccc2n1-c1ccc(OC(C)C)cc1. The van der Waals surface area contributed by atoms with Gasteiger partial charge in [0, 0.05) is 5.69 Å². The Morgan fingerprint density at radius 1 is 0.892 bits per heavy atom. The number of hydrogen-bond acceptors (Lipinski definition) is 6. The molecule has 1 heterocycles. The van der Waals surface area contributed by atoms with E-state index in [9.17, 15) is 14.9 Å². The van der Waals surface area contributed by atoms with E-state index in [1.807, 2.05) is 39.8 Å². The lowest BCUT2D eigenvalue weighted by atomic mass is 10.0. The molecule has 0 N–H and O–H groups in total. The van der Waals surface area contributed by atoms with Crippen molar-refractivity contribution >= 4 is 22.6 Å². The van der Waals surface area contributed by atoms with Gasteiger partial charge in [-0.05, 0) is 94.8 Å². The number of benzene rings is 3. The zero-order valence-corrected chi connectivity index (χ0v) is 21.6. The summed E-state index contributed by atoms with van der Waals surface area (Å²) in [7, 11) is 0. The predicted molar refractivity (Wildman–Crippen MR) is 143 cm³/mol. The molecule has 4 aromatic rings. The van der Waals surface area contributed by atoms with Crippen LogP contribution in [0.3, 0.4) is 0 Å². The molecule has 37 heavy (non-hydrogen) atoms. The standard InChI is InChI=1S/C29H30N2O6/c1-6-35-29(32)27-17-25-26(30(27)21-9-13-23(14-10-21)37-19(4)5)16-15-24(28(25)31(33)34)20-7-11-22(12-8-20)36-18(2)3/h7-19H,6H2,1-5H3. The Kier molecular flexibility index (Phi) is 7.47. The Labute approximate surface area is 215 Å². The molecule has 192 valence electrons. The minimum Gasteiger partial charge on any atom is -0.491 e. The highest BCUT2D eigenvalue weighted by atomic mass is 16.6. The van der Waals surface area contributed by atoms with Crippen molar-refractivity contribution in [1.29, 1.82) is 0 Å². The zero-order valence-electron chi connectivity index (χ0n) is 21.6.